The van der Waals surface area contributed by atoms with E-state index < -0.39 is 0 Å². The Balaban J connectivity index is 1.51. The molecule has 3 heterocycles. The molecule has 2 aromatic rings. The number of aromatic nitrogens is 3. The minimum atomic E-state index is -0.314. The van der Waals surface area contributed by atoms with Crippen molar-refractivity contribution in [2.45, 2.75) is 24.8 Å². The van der Waals surface area contributed by atoms with Crippen LogP contribution in [0.1, 0.15) is 24.6 Å². The third kappa shape index (κ3) is 3.08. The van der Waals surface area contributed by atoms with E-state index in [0.29, 0.717) is 11.9 Å². The van der Waals surface area contributed by atoms with Crippen molar-refractivity contribution in [2.24, 2.45) is 5.92 Å². The van der Waals surface area contributed by atoms with Gasteiger partial charge in [0.15, 0.2) is 5.82 Å². The number of halogens is 1. The zero-order valence-corrected chi connectivity index (χ0v) is 13.7. The molecule has 6 heteroatoms. The first kappa shape index (κ1) is 15.7. The molecule has 5 nitrogen and oxygen atoms in total. The van der Waals surface area contributed by atoms with E-state index in [1.165, 1.54) is 0 Å². The van der Waals surface area contributed by atoms with Crippen LogP contribution < -0.4 is 0 Å². The number of rotatable bonds is 4. The lowest BCUT2D eigenvalue weighted by molar-refractivity contribution is 0.0405. The molecule has 2 aliphatic rings. The molecule has 2 aliphatic heterocycles. The highest BCUT2D eigenvalue weighted by Crippen LogP contribution is 2.34. The minimum Gasteiger partial charge on any atom is -0.381 e. The van der Waals surface area contributed by atoms with E-state index in [1.807, 2.05) is 30.3 Å². The first-order valence-corrected chi connectivity index (χ1v) is 8.70. The summed E-state index contributed by atoms with van der Waals surface area (Å²) in [7, 11) is 0. The van der Waals surface area contributed by atoms with Crippen molar-refractivity contribution in [2.75, 3.05) is 33.0 Å². The predicted octanol–water partition coefficient (Wildman–Crippen LogP) is 2.64. The van der Waals surface area contributed by atoms with E-state index in [0.717, 1.165) is 50.5 Å². The van der Waals surface area contributed by atoms with Crippen molar-refractivity contribution >= 4 is 0 Å². The normalized spacial score (nSPS) is 26.0. The van der Waals surface area contributed by atoms with Gasteiger partial charge in [-0.25, -0.2) is 4.98 Å². The van der Waals surface area contributed by atoms with Gasteiger partial charge in [0.25, 0.3) is 0 Å². The van der Waals surface area contributed by atoms with E-state index >= 15 is 0 Å². The highest BCUT2D eigenvalue weighted by Gasteiger charge is 2.39. The van der Waals surface area contributed by atoms with Gasteiger partial charge in [0, 0.05) is 49.7 Å². The Morgan fingerprint density at radius 2 is 1.96 bits per heavy atom. The molecule has 2 fully saturated rings. The third-order valence-electron chi connectivity index (χ3n) is 5.26. The Bertz CT molecular complexity index is 656. The van der Waals surface area contributed by atoms with E-state index in [1.54, 1.807) is 0 Å². The van der Waals surface area contributed by atoms with Crippen LogP contribution in [0.5, 0.6) is 0 Å². The predicted molar refractivity (Wildman–Crippen MR) is 89.4 cm³/mol. The van der Waals surface area contributed by atoms with Crippen LogP contribution in [0.25, 0.3) is 11.4 Å². The molecule has 0 amide bonds. The molecule has 2 atom stereocenters. The summed E-state index contributed by atoms with van der Waals surface area (Å²) in [6.45, 7) is 2.96. The average Bonchev–Trinajstić information content (AvgIpc) is 3.30. The van der Waals surface area contributed by atoms with Crippen molar-refractivity contribution in [3.63, 3.8) is 0 Å². The van der Waals surface area contributed by atoms with Crippen LogP contribution in [0.4, 0.5) is 4.39 Å². The second-order valence-corrected chi connectivity index (χ2v) is 6.73. The molecule has 0 aliphatic carbocycles. The summed E-state index contributed by atoms with van der Waals surface area (Å²) in [5, 5.41) is 7.40. The molecule has 0 unspecified atom stereocenters. The van der Waals surface area contributed by atoms with Crippen LogP contribution in [0.2, 0.25) is 0 Å². The molecular weight excluding hydrogens is 307 g/mol. The van der Waals surface area contributed by atoms with Gasteiger partial charge < -0.3 is 4.74 Å². The van der Waals surface area contributed by atoms with Crippen molar-refractivity contribution in [3.8, 4) is 11.4 Å². The maximum Gasteiger partial charge on any atom is 0.181 e. The van der Waals surface area contributed by atoms with Crippen LogP contribution in [-0.4, -0.2) is 59.1 Å². The lowest BCUT2D eigenvalue weighted by Crippen LogP contribution is -2.38. The van der Waals surface area contributed by atoms with Crippen molar-refractivity contribution < 1.29 is 9.13 Å². The number of nitrogens with zero attached hydrogens (tertiary/aromatic N) is 3. The zero-order chi connectivity index (χ0) is 16.4. The highest BCUT2D eigenvalue weighted by atomic mass is 19.1. The summed E-state index contributed by atoms with van der Waals surface area (Å²) < 4.78 is 19.0. The second-order valence-electron chi connectivity index (χ2n) is 6.73. The van der Waals surface area contributed by atoms with Gasteiger partial charge in [-0.2, -0.15) is 5.10 Å². The van der Waals surface area contributed by atoms with Crippen molar-refractivity contribution in [1.29, 1.82) is 0 Å². The van der Waals surface area contributed by atoms with E-state index in [2.05, 4.69) is 20.1 Å². The molecule has 2 saturated heterocycles. The fraction of sp³-hybridized carbons (Fsp3) is 0.556. The standard InChI is InChI=1S/C18H23FN4O/c19-10-14-11-23(15-6-8-24-9-7-15)12-16(14)18-20-17(21-22-18)13-4-2-1-3-5-13/h1-5,14-16H,6-12H2,(H,20,21,22)/t14-,16-/m1/s1. The maximum atomic E-state index is 13.6. The quantitative estimate of drug-likeness (QED) is 0.936. The molecule has 0 radical (unpaired) electrons. The number of ether oxygens (including phenoxy) is 1. The monoisotopic (exact) mass is 330 g/mol. The lowest BCUT2D eigenvalue weighted by atomic mass is 9.97. The summed E-state index contributed by atoms with van der Waals surface area (Å²) in [6, 6.07) is 10.4. The highest BCUT2D eigenvalue weighted by molar-refractivity contribution is 5.53. The first-order valence-electron chi connectivity index (χ1n) is 8.70. The molecule has 0 saturated carbocycles. The average molecular weight is 330 g/mol. The Hall–Kier alpha value is -1.79. The minimum absolute atomic E-state index is 0.00980. The Kier molecular flexibility index (Phi) is 4.58. The number of aromatic amines is 1. The van der Waals surface area contributed by atoms with Gasteiger partial charge in [-0.3, -0.25) is 14.4 Å². The SMILES string of the molecule is FC[C@@H]1CN(C2CCOCC2)C[C@H]1c1nc(-c2ccccc2)n[nH]1. The molecule has 128 valence electrons. The summed E-state index contributed by atoms with van der Waals surface area (Å²) >= 11 is 0. The van der Waals surface area contributed by atoms with Crippen molar-refractivity contribution in [3.05, 3.63) is 36.2 Å². The Labute approximate surface area is 141 Å². The van der Waals surface area contributed by atoms with Gasteiger partial charge in [0.05, 0.1) is 6.67 Å². The number of alkyl halides is 1. The van der Waals surface area contributed by atoms with E-state index in [9.17, 15) is 4.39 Å². The summed E-state index contributed by atoms with van der Waals surface area (Å²) in [5.41, 5.74) is 0.982. The smallest absolute Gasteiger partial charge is 0.181 e. The van der Waals surface area contributed by atoms with Gasteiger partial charge in [-0.15, -0.1) is 0 Å². The molecule has 0 spiro atoms. The van der Waals surface area contributed by atoms with Crippen LogP contribution in [0, 0.1) is 5.92 Å². The number of hydrogen-bond donors (Lipinski definition) is 1. The van der Waals surface area contributed by atoms with Gasteiger partial charge in [0.2, 0.25) is 0 Å². The summed E-state index contributed by atoms with van der Waals surface area (Å²) in [6.07, 6.45) is 2.08. The number of nitrogens with one attached hydrogen (secondary N) is 1. The summed E-state index contributed by atoms with van der Waals surface area (Å²) in [4.78, 5) is 7.07. The fourth-order valence-corrected chi connectivity index (χ4v) is 3.88. The summed E-state index contributed by atoms with van der Waals surface area (Å²) in [5.74, 6) is 1.58. The van der Waals surface area contributed by atoms with E-state index in [-0.39, 0.29) is 18.5 Å². The largest absolute Gasteiger partial charge is 0.381 e. The van der Waals surface area contributed by atoms with Crippen molar-refractivity contribution in [1.82, 2.24) is 20.1 Å². The van der Waals surface area contributed by atoms with Gasteiger partial charge in [-0.05, 0) is 12.8 Å². The zero-order valence-electron chi connectivity index (χ0n) is 13.7. The lowest BCUT2D eigenvalue weighted by Gasteiger charge is -2.31. The first-order chi connectivity index (χ1) is 11.8. The van der Waals surface area contributed by atoms with E-state index in [4.69, 9.17) is 4.74 Å². The van der Waals surface area contributed by atoms with Gasteiger partial charge in [-0.1, -0.05) is 30.3 Å². The molecule has 1 aromatic carbocycles. The van der Waals surface area contributed by atoms with Crippen LogP contribution >= 0.6 is 0 Å². The maximum absolute atomic E-state index is 13.6. The Morgan fingerprint density at radius 1 is 1.17 bits per heavy atom. The molecule has 4 rings (SSSR count). The van der Waals surface area contributed by atoms with Crippen LogP contribution in [0.3, 0.4) is 0 Å². The number of benzene rings is 1. The van der Waals surface area contributed by atoms with Gasteiger partial charge >= 0.3 is 0 Å². The second kappa shape index (κ2) is 6.99. The number of H-pyrrole nitrogens is 1. The Morgan fingerprint density at radius 3 is 2.71 bits per heavy atom. The third-order valence-corrected chi connectivity index (χ3v) is 5.26. The molecule has 24 heavy (non-hydrogen) atoms. The molecule has 1 aromatic heterocycles. The molecule has 0 bridgehead atoms. The topological polar surface area (TPSA) is 54.0 Å². The van der Waals surface area contributed by atoms with Crippen LogP contribution in [0.15, 0.2) is 30.3 Å². The van der Waals surface area contributed by atoms with Gasteiger partial charge in [0.1, 0.15) is 5.82 Å². The number of likely N-dealkylation sites (tertiary alicyclic amines) is 1. The number of hydrogen-bond acceptors (Lipinski definition) is 4. The molecule has 1 N–H and O–H groups in total. The molecular formula is C18H23FN4O. The van der Waals surface area contributed by atoms with Crippen LogP contribution in [-0.2, 0) is 4.74 Å². The fourth-order valence-electron chi connectivity index (χ4n) is 3.88.